The van der Waals surface area contributed by atoms with Crippen molar-refractivity contribution in [2.75, 3.05) is 5.32 Å². The average molecular weight is 428 g/mol. The number of anilines is 1. The number of hydrogen-bond acceptors (Lipinski definition) is 4. The number of alkyl halides is 3. The standard InChI is InChI=1S/C17H12F4N4O3S/c1-3-14(17(19,20)21)24-29(27,28)11-7-13(25(2)9-11)16(26)23-12-6-4-5-10(8-22)15(12)18/h1,4-7,9,14,24H,2H3,(H,23,26)/t14-/m1/s1. The number of aromatic nitrogens is 1. The Hall–Kier alpha value is -3.35. The number of hydrogen-bond donors (Lipinski definition) is 2. The molecular formula is C17H12F4N4O3S. The monoisotopic (exact) mass is 428 g/mol. The largest absolute Gasteiger partial charge is 0.415 e. The van der Waals surface area contributed by atoms with Gasteiger partial charge in [0.2, 0.25) is 10.0 Å². The van der Waals surface area contributed by atoms with Crippen LogP contribution in [0, 0.1) is 29.5 Å². The first-order valence-electron chi connectivity index (χ1n) is 7.62. The Kier molecular flexibility index (Phi) is 6.01. The van der Waals surface area contributed by atoms with Crippen molar-refractivity contribution in [2.24, 2.45) is 7.05 Å². The van der Waals surface area contributed by atoms with E-state index in [2.05, 4.69) is 5.32 Å². The number of amides is 1. The van der Waals surface area contributed by atoms with Crippen molar-refractivity contribution in [1.29, 1.82) is 5.26 Å². The van der Waals surface area contributed by atoms with Gasteiger partial charge >= 0.3 is 6.18 Å². The zero-order chi connectivity index (χ0) is 22.0. The van der Waals surface area contributed by atoms with E-state index in [1.807, 2.05) is 0 Å². The Morgan fingerprint density at radius 3 is 2.55 bits per heavy atom. The Bertz CT molecular complexity index is 1140. The molecular weight excluding hydrogens is 416 g/mol. The third kappa shape index (κ3) is 4.74. The molecule has 2 aromatic rings. The maximum Gasteiger partial charge on any atom is 0.415 e. The summed E-state index contributed by atoms with van der Waals surface area (Å²) in [5, 5.41) is 11.0. The number of aryl methyl sites for hydroxylation is 1. The normalized spacial score (nSPS) is 12.7. The molecule has 0 aliphatic heterocycles. The van der Waals surface area contributed by atoms with Crippen molar-refractivity contribution in [3.8, 4) is 18.4 Å². The molecule has 1 aromatic heterocycles. The van der Waals surface area contributed by atoms with Crippen molar-refractivity contribution < 1.29 is 30.8 Å². The van der Waals surface area contributed by atoms with Crippen LogP contribution in [0.2, 0.25) is 0 Å². The van der Waals surface area contributed by atoms with Gasteiger partial charge in [0.1, 0.15) is 16.7 Å². The van der Waals surface area contributed by atoms with Crippen LogP contribution >= 0.6 is 0 Å². The fourth-order valence-electron chi connectivity index (χ4n) is 2.23. The number of terminal acetylenes is 1. The maximum atomic E-state index is 14.1. The van der Waals surface area contributed by atoms with Gasteiger partial charge in [0.25, 0.3) is 5.91 Å². The summed E-state index contributed by atoms with van der Waals surface area (Å²) in [6, 6.07) is 3.32. The molecule has 0 spiro atoms. The number of sulfonamides is 1. The van der Waals surface area contributed by atoms with Crippen molar-refractivity contribution in [1.82, 2.24) is 9.29 Å². The fraction of sp³-hybridized carbons (Fsp3) is 0.176. The van der Waals surface area contributed by atoms with Gasteiger partial charge < -0.3 is 9.88 Å². The van der Waals surface area contributed by atoms with E-state index in [4.69, 9.17) is 11.7 Å². The van der Waals surface area contributed by atoms with Crippen LogP contribution in [0.1, 0.15) is 16.1 Å². The van der Waals surface area contributed by atoms with E-state index in [9.17, 15) is 30.8 Å². The maximum absolute atomic E-state index is 14.1. The number of nitrogens with zero attached hydrogens (tertiary/aromatic N) is 2. The Morgan fingerprint density at radius 1 is 1.34 bits per heavy atom. The molecule has 0 saturated carbocycles. The summed E-state index contributed by atoms with van der Waals surface area (Å²) in [6.45, 7) is 0. The summed E-state index contributed by atoms with van der Waals surface area (Å²) in [7, 11) is -3.45. The van der Waals surface area contributed by atoms with Crippen LogP contribution in [-0.2, 0) is 17.1 Å². The Labute approximate surface area is 163 Å². The Balaban J connectivity index is 2.32. The third-order valence-electron chi connectivity index (χ3n) is 3.66. The Morgan fingerprint density at radius 2 is 2.00 bits per heavy atom. The predicted octanol–water partition coefficient (Wildman–Crippen LogP) is 2.13. The van der Waals surface area contributed by atoms with Crippen molar-refractivity contribution >= 4 is 21.6 Å². The lowest BCUT2D eigenvalue weighted by atomic mass is 10.2. The molecule has 7 nitrogen and oxygen atoms in total. The van der Waals surface area contributed by atoms with Crippen LogP contribution in [-0.4, -0.2) is 31.1 Å². The number of nitrogens with one attached hydrogen (secondary N) is 2. The van der Waals surface area contributed by atoms with Gasteiger partial charge in [-0.05, 0) is 18.2 Å². The number of benzene rings is 1. The van der Waals surface area contributed by atoms with Crippen molar-refractivity contribution in [2.45, 2.75) is 17.1 Å². The number of carbonyl (C=O) groups is 1. The van der Waals surface area contributed by atoms with Crippen LogP contribution in [0.4, 0.5) is 23.2 Å². The molecule has 29 heavy (non-hydrogen) atoms. The van der Waals surface area contributed by atoms with Crippen LogP contribution in [0.15, 0.2) is 35.4 Å². The predicted molar refractivity (Wildman–Crippen MR) is 93.5 cm³/mol. The van der Waals surface area contributed by atoms with Crippen LogP contribution in [0.25, 0.3) is 0 Å². The first-order chi connectivity index (χ1) is 13.4. The minimum atomic E-state index is -5.01. The molecule has 2 rings (SSSR count). The minimum Gasteiger partial charge on any atom is -0.345 e. The van der Waals surface area contributed by atoms with Gasteiger partial charge in [-0.1, -0.05) is 12.0 Å². The smallest absolute Gasteiger partial charge is 0.345 e. The molecule has 0 radical (unpaired) electrons. The number of rotatable bonds is 5. The molecule has 0 aliphatic rings. The van der Waals surface area contributed by atoms with E-state index in [0.29, 0.717) is 0 Å². The molecule has 1 heterocycles. The van der Waals surface area contributed by atoms with E-state index >= 15 is 0 Å². The van der Waals surface area contributed by atoms with Crippen molar-refractivity contribution in [3.05, 3.63) is 47.5 Å². The second kappa shape index (κ2) is 7.95. The van der Waals surface area contributed by atoms with Gasteiger partial charge in [0, 0.05) is 13.2 Å². The lowest BCUT2D eigenvalue weighted by Crippen LogP contribution is -2.44. The van der Waals surface area contributed by atoms with Gasteiger partial charge in [-0.3, -0.25) is 4.79 Å². The second-order valence-electron chi connectivity index (χ2n) is 5.67. The highest BCUT2D eigenvalue weighted by molar-refractivity contribution is 7.89. The van der Waals surface area contributed by atoms with Gasteiger partial charge in [-0.15, -0.1) is 6.42 Å². The summed E-state index contributed by atoms with van der Waals surface area (Å²) >= 11 is 0. The second-order valence-corrected chi connectivity index (χ2v) is 7.38. The van der Waals surface area contributed by atoms with Gasteiger partial charge in [0.05, 0.1) is 11.3 Å². The molecule has 1 atom stereocenters. The molecule has 152 valence electrons. The quantitative estimate of drug-likeness (QED) is 0.562. The van der Waals surface area contributed by atoms with Crippen LogP contribution in [0.3, 0.4) is 0 Å². The molecule has 1 aromatic carbocycles. The molecule has 2 N–H and O–H groups in total. The molecule has 0 bridgehead atoms. The van der Waals surface area contributed by atoms with Gasteiger partial charge in [-0.2, -0.15) is 23.2 Å². The van der Waals surface area contributed by atoms with Crippen molar-refractivity contribution in [3.63, 3.8) is 0 Å². The first kappa shape index (κ1) is 21.9. The van der Waals surface area contributed by atoms with Crippen LogP contribution < -0.4 is 10.0 Å². The highest BCUT2D eigenvalue weighted by atomic mass is 32.2. The van der Waals surface area contributed by atoms with E-state index < -0.39 is 38.9 Å². The van der Waals surface area contributed by atoms with Gasteiger partial charge in [-0.25, -0.2) is 12.8 Å². The summed E-state index contributed by atoms with van der Waals surface area (Å²) in [4.78, 5) is 11.7. The highest BCUT2D eigenvalue weighted by Gasteiger charge is 2.41. The highest BCUT2D eigenvalue weighted by Crippen LogP contribution is 2.23. The lowest BCUT2D eigenvalue weighted by Gasteiger charge is -2.15. The zero-order valence-electron chi connectivity index (χ0n) is 14.6. The SMILES string of the molecule is C#C[C@@H](NS(=O)(=O)c1cc(C(=O)Nc2cccc(C#N)c2F)n(C)c1)C(F)(F)F. The van der Waals surface area contributed by atoms with E-state index in [-0.39, 0.29) is 16.9 Å². The van der Waals surface area contributed by atoms with Crippen LogP contribution in [0.5, 0.6) is 0 Å². The molecule has 0 fully saturated rings. The zero-order valence-corrected chi connectivity index (χ0v) is 15.4. The van der Waals surface area contributed by atoms with E-state index in [0.717, 1.165) is 16.8 Å². The number of halogens is 4. The summed E-state index contributed by atoms with van der Waals surface area (Å²) in [5.74, 6) is -0.651. The summed E-state index contributed by atoms with van der Waals surface area (Å²) in [6.07, 6.45) is 0.605. The summed E-state index contributed by atoms with van der Waals surface area (Å²) in [5.41, 5.74) is -0.951. The topological polar surface area (TPSA) is 104 Å². The molecule has 0 saturated heterocycles. The lowest BCUT2D eigenvalue weighted by molar-refractivity contribution is -0.138. The molecule has 1 amide bonds. The van der Waals surface area contributed by atoms with E-state index in [1.54, 1.807) is 6.07 Å². The molecule has 12 heteroatoms. The molecule has 0 aliphatic carbocycles. The number of carbonyl (C=O) groups excluding carboxylic acids is 1. The summed E-state index contributed by atoms with van der Waals surface area (Å²) < 4.78 is 78.9. The van der Waals surface area contributed by atoms with E-state index in [1.165, 1.54) is 35.9 Å². The number of nitriles is 1. The van der Waals surface area contributed by atoms with Gasteiger partial charge in [0.15, 0.2) is 11.9 Å². The first-order valence-corrected chi connectivity index (χ1v) is 9.10. The fourth-order valence-corrected chi connectivity index (χ4v) is 3.44. The molecule has 0 unspecified atom stereocenters. The third-order valence-corrected chi connectivity index (χ3v) is 5.05. The average Bonchev–Trinajstić information content (AvgIpc) is 3.03. The minimum absolute atomic E-state index is 0.295.